The fourth-order valence-corrected chi connectivity index (χ4v) is 0.987. The lowest BCUT2D eigenvalue weighted by molar-refractivity contribution is 0.194. The van der Waals surface area contributed by atoms with Crippen LogP contribution in [0.25, 0.3) is 0 Å². The second-order valence-electron chi connectivity index (χ2n) is 2.43. The fourth-order valence-electron chi connectivity index (χ4n) is 0.620. The largest absolute Gasteiger partial charge is 0.469 e. The summed E-state index contributed by atoms with van der Waals surface area (Å²) in [7, 11) is -4.83. The van der Waals surface area contributed by atoms with Gasteiger partial charge < -0.3 is 20.4 Å². The van der Waals surface area contributed by atoms with E-state index >= 15 is 0 Å². The van der Waals surface area contributed by atoms with Gasteiger partial charge in [-0.3, -0.25) is 4.52 Å². The topological polar surface area (TPSA) is 90.8 Å². The molecule has 8 heteroatoms. The molecule has 0 unspecified atom stereocenters. The summed E-state index contributed by atoms with van der Waals surface area (Å²) in [4.78, 5) is 17.0. The van der Waals surface area contributed by atoms with E-state index in [0.717, 1.165) is 0 Å². The van der Waals surface area contributed by atoms with Crippen molar-refractivity contribution in [1.82, 2.24) is 10.6 Å². The molecule has 0 amide bonds. The van der Waals surface area contributed by atoms with Crippen LogP contribution in [0.4, 0.5) is 0 Å². The van der Waals surface area contributed by atoms with Crippen LogP contribution < -0.4 is 10.6 Å². The van der Waals surface area contributed by atoms with Crippen LogP contribution >= 0.6 is 19.4 Å². The van der Waals surface area contributed by atoms with Gasteiger partial charge in [0.1, 0.15) is 0 Å². The van der Waals surface area contributed by atoms with Gasteiger partial charge >= 0.3 is 7.82 Å². The van der Waals surface area contributed by atoms with Crippen LogP contribution in [0.5, 0.6) is 0 Å². The van der Waals surface area contributed by atoms with Crippen LogP contribution in [0.15, 0.2) is 0 Å². The second kappa shape index (κ2) is 9.54. The molecule has 0 saturated carbocycles. The van der Waals surface area contributed by atoms with Crippen LogP contribution in [0.2, 0.25) is 0 Å². The summed E-state index contributed by atoms with van der Waals surface area (Å²) in [5.41, 5.74) is 0. The van der Waals surface area contributed by atoms with Gasteiger partial charge in [-0.2, -0.15) is 0 Å². The molecular weight excluding hydrogens is 243 g/mol. The molecule has 0 rings (SSSR count). The van der Waals surface area contributed by atoms with Crippen molar-refractivity contribution in [2.75, 3.05) is 38.6 Å². The Bertz CT molecular complexity index is 317. The molecule has 0 atom stereocenters. The number of rotatable bonds is 10. The maximum Gasteiger partial charge on any atom is 0.469 e. The molecule has 0 aliphatic carbocycles. The third kappa shape index (κ3) is 14.3. The highest BCUT2D eigenvalue weighted by molar-refractivity contribution is 7.46. The molecule has 15 heavy (non-hydrogen) atoms. The lowest BCUT2D eigenvalue weighted by Gasteiger charge is -2.06. The third-order valence-electron chi connectivity index (χ3n) is 1.18. The first kappa shape index (κ1) is 9.36. The SMILES string of the molecule is [2H]C([2H])(COP(=O)(O)O)C([2H])([2H])NCCNCCCl. The normalized spacial score (nSPS) is 17.8. The van der Waals surface area contributed by atoms with Crippen molar-refractivity contribution < 1.29 is 24.4 Å². The van der Waals surface area contributed by atoms with Gasteiger partial charge in [0.15, 0.2) is 0 Å². The standard InChI is InChI=1S/C7H18ClN2O4P/c8-2-4-10-6-5-9-3-1-7-14-15(11,12)13/h9-10H,1-7H2,(H2,11,12,13)/i1D2,3D2. The summed E-state index contributed by atoms with van der Waals surface area (Å²) in [6, 6.07) is 0. The first-order valence-corrected chi connectivity index (χ1v) is 6.30. The van der Waals surface area contributed by atoms with Gasteiger partial charge in [-0.1, -0.05) is 0 Å². The van der Waals surface area contributed by atoms with Crippen LogP contribution in [0, 0.1) is 0 Å². The fraction of sp³-hybridized carbons (Fsp3) is 1.00. The Morgan fingerprint density at radius 3 is 2.60 bits per heavy atom. The van der Waals surface area contributed by atoms with Crippen molar-refractivity contribution >= 4 is 19.4 Å². The first-order valence-electron chi connectivity index (χ1n) is 6.24. The highest BCUT2D eigenvalue weighted by Crippen LogP contribution is 2.35. The van der Waals surface area contributed by atoms with Gasteiger partial charge in [0.05, 0.1) is 6.61 Å². The Hall–Kier alpha value is 0.320. The summed E-state index contributed by atoms with van der Waals surface area (Å²) in [5.74, 6) is 0.407. The Labute approximate surface area is 100 Å². The van der Waals surface area contributed by atoms with Gasteiger partial charge in [0, 0.05) is 31.0 Å². The summed E-state index contributed by atoms with van der Waals surface area (Å²) < 4.78 is 44.4. The lowest BCUT2D eigenvalue weighted by Crippen LogP contribution is -2.29. The summed E-state index contributed by atoms with van der Waals surface area (Å²) in [5, 5.41) is 5.19. The smallest absolute Gasteiger partial charge is 0.315 e. The quantitative estimate of drug-likeness (QED) is 0.250. The molecule has 0 heterocycles. The van der Waals surface area contributed by atoms with E-state index in [4.69, 9.17) is 26.9 Å². The van der Waals surface area contributed by atoms with Crippen molar-refractivity contribution in [3.63, 3.8) is 0 Å². The summed E-state index contributed by atoms with van der Waals surface area (Å²) in [6.07, 6.45) is -2.60. The minimum atomic E-state index is -4.83. The molecule has 0 radical (unpaired) electrons. The molecule has 0 aliphatic heterocycles. The zero-order chi connectivity index (χ0) is 15.2. The molecule has 0 aromatic heterocycles. The van der Waals surface area contributed by atoms with Crippen molar-refractivity contribution in [2.45, 2.75) is 6.37 Å². The monoisotopic (exact) mass is 264 g/mol. The molecule has 0 saturated heterocycles. The number of phosphoric acid groups is 1. The summed E-state index contributed by atoms with van der Waals surface area (Å²) >= 11 is 5.42. The van der Waals surface area contributed by atoms with Crippen molar-refractivity contribution in [2.24, 2.45) is 0 Å². The zero-order valence-electron chi connectivity index (χ0n) is 12.1. The predicted octanol–water partition coefficient (Wildman–Crippen LogP) is -0.0962. The van der Waals surface area contributed by atoms with Crippen molar-refractivity contribution in [1.29, 1.82) is 0 Å². The number of hydrogen-bond donors (Lipinski definition) is 4. The van der Waals surface area contributed by atoms with E-state index < -0.39 is 27.3 Å². The third-order valence-corrected chi connectivity index (χ3v) is 1.83. The van der Waals surface area contributed by atoms with E-state index in [1.165, 1.54) is 0 Å². The minimum absolute atomic E-state index is 0.124. The van der Waals surface area contributed by atoms with E-state index in [2.05, 4.69) is 15.2 Å². The van der Waals surface area contributed by atoms with Gasteiger partial charge in [-0.15, -0.1) is 11.6 Å². The van der Waals surface area contributed by atoms with Crippen LogP contribution in [0.3, 0.4) is 0 Å². The highest BCUT2D eigenvalue weighted by Gasteiger charge is 2.12. The van der Waals surface area contributed by atoms with E-state index in [9.17, 15) is 4.57 Å². The van der Waals surface area contributed by atoms with Crippen LogP contribution in [-0.4, -0.2) is 48.4 Å². The Morgan fingerprint density at radius 1 is 1.33 bits per heavy atom. The van der Waals surface area contributed by atoms with Gasteiger partial charge in [-0.25, -0.2) is 4.57 Å². The average Bonchev–Trinajstić information content (AvgIpc) is 2.25. The first-order chi connectivity index (χ1) is 8.52. The number of halogens is 1. The number of hydrogen-bond acceptors (Lipinski definition) is 4. The van der Waals surface area contributed by atoms with Crippen molar-refractivity contribution in [3.05, 3.63) is 0 Å². The molecule has 6 nitrogen and oxygen atoms in total. The highest BCUT2D eigenvalue weighted by atomic mass is 35.5. The average molecular weight is 265 g/mol. The zero-order valence-corrected chi connectivity index (χ0v) is 9.72. The van der Waals surface area contributed by atoms with E-state index in [1.807, 2.05) is 0 Å². The second-order valence-corrected chi connectivity index (χ2v) is 4.05. The maximum absolute atomic E-state index is 10.5. The molecule has 0 aromatic rings. The molecule has 4 N–H and O–H groups in total. The lowest BCUT2D eigenvalue weighted by atomic mass is 10.4. The predicted molar refractivity (Wildman–Crippen MR) is 59.1 cm³/mol. The van der Waals surface area contributed by atoms with Gasteiger partial charge in [0.2, 0.25) is 0 Å². The van der Waals surface area contributed by atoms with Crippen molar-refractivity contribution in [3.8, 4) is 0 Å². The van der Waals surface area contributed by atoms with Crippen LogP contribution in [-0.2, 0) is 9.09 Å². The summed E-state index contributed by atoms with van der Waals surface area (Å²) in [6.45, 7) is -2.52. The Kier molecular flexibility index (Phi) is 5.95. The molecule has 92 valence electrons. The molecule has 0 fully saturated rings. The van der Waals surface area contributed by atoms with Crippen LogP contribution in [0.1, 0.15) is 11.9 Å². The maximum atomic E-state index is 10.5. The van der Waals surface area contributed by atoms with E-state index in [-0.39, 0.29) is 6.54 Å². The number of nitrogens with one attached hydrogen (secondary N) is 2. The minimum Gasteiger partial charge on any atom is -0.315 e. The molecular formula is C7H18ClN2O4P. The van der Waals surface area contributed by atoms with Gasteiger partial charge in [-0.05, 0) is 12.9 Å². The molecule has 0 spiro atoms. The molecule has 0 bridgehead atoms. The Balaban J connectivity index is 4.23. The van der Waals surface area contributed by atoms with Gasteiger partial charge in [0.25, 0.3) is 0 Å². The van der Waals surface area contributed by atoms with E-state index in [0.29, 0.717) is 19.0 Å². The number of phosphoric ester groups is 1. The van der Waals surface area contributed by atoms with E-state index in [1.54, 1.807) is 0 Å². The Morgan fingerprint density at radius 2 is 2.00 bits per heavy atom. The number of alkyl halides is 1. The molecule has 0 aromatic carbocycles. The molecule has 0 aliphatic rings.